The topological polar surface area (TPSA) is 74.6 Å². The van der Waals surface area contributed by atoms with Crippen LogP contribution < -0.4 is 0 Å². The van der Waals surface area contributed by atoms with Crippen LogP contribution in [-0.2, 0) is 22.2 Å². The van der Waals surface area contributed by atoms with Gasteiger partial charge in [-0.1, -0.05) is 36.9 Å². The smallest absolute Gasteiger partial charge is 0.188 e. The van der Waals surface area contributed by atoms with Crippen LogP contribution in [0.2, 0.25) is 0 Å². The van der Waals surface area contributed by atoms with Gasteiger partial charge in [0.25, 0.3) is 0 Å². The molecule has 2 N–H and O–H groups in total. The Labute approximate surface area is 132 Å². The SMILES string of the molecule is C=Cc1cc2cc3ccccc3cc2c(S(=O)O)c1S(=O)O. The Kier molecular flexibility index (Phi) is 3.92. The number of hydrogen-bond donors (Lipinski definition) is 2. The van der Waals surface area contributed by atoms with Gasteiger partial charge in [-0.15, -0.1) is 0 Å². The summed E-state index contributed by atoms with van der Waals surface area (Å²) in [5.74, 6) is 0. The minimum absolute atomic E-state index is 0.0426. The number of benzene rings is 3. The Morgan fingerprint density at radius 1 is 0.864 bits per heavy atom. The fraction of sp³-hybridized carbons (Fsp3) is 0. The van der Waals surface area contributed by atoms with E-state index in [-0.39, 0.29) is 9.79 Å². The Morgan fingerprint density at radius 2 is 1.45 bits per heavy atom. The number of fused-ring (bicyclic) bond motifs is 2. The molecule has 0 spiro atoms. The lowest BCUT2D eigenvalue weighted by atomic mass is 10.0. The zero-order valence-corrected chi connectivity index (χ0v) is 13.0. The van der Waals surface area contributed by atoms with Crippen molar-refractivity contribution in [2.24, 2.45) is 0 Å². The molecule has 0 saturated heterocycles. The van der Waals surface area contributed by atoms with Gasteiger partial charge in [-0.3, -0.25) is 0 Å². The van der Waals surface area contributed by atoms with Crippen LogP contribution in [0, 0.1) is 0 Å². The fourth-order valence-electron chi connectivity index (χ4n) is 2.57. The van der Waals surface area contributed by atoms with Crippen molar-refractivity contribution in [2.45, 2.75) is 9.79 Å². The molecule has 6 heteroatoms. The highest BCUT2D eigenvalue weighted by atomic mass is 32.2. The van der Waals surface area contributed by atoms with Gasteiger partial charge < -0.3 is 9.11 Å². The van der Waals surface area contributed by atoms with Crippen molar-refractivity contribution in [1.29, 1.82) is 0 Å². The summed E-state index contributed by atoms with van der Waals surface area (Å²) in [6, 6.07) is 13.0. The summed E-state index contributed by atoms with van der Waals surface area (Å²) >= 11 is -4.78. The summed E-state index contributed by atoms with van der Waals surface area (Å²) in [6.45, 7) is 3.62. The van der Waals surface area contributed by atoms with E-state index in [9.17, 15) is 17.5 Å². The lowest BCUT2D eigenvalue weighted by Crippen LogP contribution is -2.03. The van der Waals surface area contributed by atoms with Gasteiger partial charge in [-0.2, -0.15) is 0 Å². The molecule has 0 bridgehead atoms. The quantitative estimate of drug-likeness (QED) is 0.565. The largest absolute Gasteiger partial charge is 0.302 e. The van der Waals surface area contributed by atoms with E-state index in [1.165, 1.54) is 6.08 Å². The Balaban J connectivity index is 2.57. The minimum atomic E-state index is -2.39. The maximum atomic E-state index is 11.8. The van der Waals surface area contributed by atoms with E-state index in [2.05, 4.69) is 6.58 Å². The van der Waals surface area contributed by atoms with Crippen LogP contribution in [0.5, 0.6) is 0 Å². The summed E-state index contributed by atoms with van der Waals surface area (Å²) in [6.07, 6.45) is 1.41. The maximum absolute atomic E-state index is 11.8. The fourth-order valence-corrected chi connectivity index (χ4v) is 4.25. The highest BCUT2D eigenvalue weighted by Crippen LogP contribution is 2.33. The number of rotatable bonds is 3. The van der Waals surface area contributed by atoms with E-state index < -0.39 is 22.2 Å². The van der Waals surface area contributed by atoms with Crippen LogP contribution in [0.1, 0.15) is 5.56 Å². The molecule has 3 aromatic rings. The summed E-state index contributed by atoms with van der Waals surface area (Å²) < 4.78 is 42.6. The summed E-state index contributed by atoms with van der Waals surface area (Å²) in [7, 11) is 0. The van der Waals surface area contributed by atoms with Gasteiger partial charge in [0.15, 0.2) is 22.2 Å². The molecule has 0 saturated carbocycles. The molecule has 0 aromatic heterocycles. The van der Waals surface area contributed by atoms with Crippen molar-refractivity contribution in [3.63, 3.8) is 0 Å². The van der Waals surface area contributed by atoms with Crippen LogP contribution >= 0.6 is 0 Å². The van der Waals surface area contributed by atoms with Gasteiger partial charge in [0.2, 0.25) is 0 Å². The van der Waals surface area contributed by atoms with Crippen LogP contribution in [0.15, 0.2) is 58.8 Å². The normalized spacial score (nSPS) is 14.1. The minimum Gasteiger partial charge on any atom is -0.302 e. The van der Waals surface area contributed by atoms with E-state index in [0.29, 0.717) is 10.9 Å². The van der Waals surface area contributed by atoms with Gasteiger partial charge >= 0.3 is 0 Å². The van der Waals surface area contributed by atoms with Crippen molar-refractivity contribution >= 4 is 49.8 Å². The molecule has 3 rings (SSSR count). The van der Waals surface area contributed by atoms with Gasteiger partial charge in [0.1, 0.15) is 0 Å². The first-order chi connectivity index (χ1) is 10.5. The summed E-state index contributed by atoms with van der Waals surface area (Å²) in [5, 5.41) is 3.09. The average Bonchev–Trinajstić information content (AvgIpc) is 2.50. The zero-order chi connectivity index (χ0) is 15.9. The lowest BCUT2D eigenvalue weighted by molar-refractivity contribution is 0.551. The van der Waals surface area contributed by atoms with Crippen LogP contribution in [0.3, 0.4) is 0 Å². The van der Waals surface area contributed by atoms with Crippen molar-refractivity contribution in [3.8, 4) is 0 Å². The van der Waals surface area contributed by atoms with Crippen LogP contribution in [0.25, 0.3) is 27.6 Å². The van der Waals surface area contributed by atoms with E-state index >= 15 is 0 Å². The van der Waals surface area contributed by atoms with Gasteiger partial charge in [0, 0.05) is 5.39 Å². The van der Waals surface area contributed by atoms with E-state index in [0.717, 1.165) is 16.2 Å². The third-order valence-electron chi connectivity index (χ3n) is 3.51. The van der Waals surface area contributed by atoms with E-state index in [4.69, 9.17) is 0 Å². The van der Waals surface area contributed by atoms with Gasteiger partial charge in [-0.25, -0.2) is 8.42 Å². The average molecular weight is 332 g/mol. The maximum Gasteiger partial charge on any atom is 0.188 e. The van der Waals surface area contributed by atoms with Crippen molar-refractivity contribution in [1.82, 2.24) is 0 Å². The Morgan fingerprint density at radius 3 is 2.00 bits per heavy atom. The third kappa shape index (κ3) is 2.40. The van der Waals surface area contributed by atoms with Gasteiger partial charge in [0.05, 0.1) is 9.79 Å². The molecule has 4 nitrogen and oxygen atoms in total. The zero-order valence-electron chi connectivity index (χ0n) is 11.4. The van der Waals surface area contributed by atoms with E-state index in [1.54, 1.807) is 12.1 Å². The molecule has 2 atom stereocenters. The number of hydrogen-bond acceptors (Lipinski definition) is 2. The van der Waals surface area contributed by atoms with Crippen LogP contribution in [0.4, 0.5) is 0 Å². The summed E-state index contributed by atoms with van der Waals surface area (Å²) in [4.78, 5) is -0.113. The van der Waals surface area contributed by atoms with Crippen molar-refractivity contribution < 1.29 is 17.5 Å². The molecule has 0 fully saturated rings. The lowest BCUT2D eigenvalue weighted by Gasteiger charge is -2.12. The predicted molar refractivity (Wildman–Crippen MR) is 89.6 cm³/mol. The second-order valence-electron chi connectivity index (χ2n) is 4.75. The highest BCUT2D eigenvalue weighted by molar-refractivity contribution is 7.82. The molecule has 0 heterocycles. The molecule has 0 radical (unpaired) electrons. The summed E-state index contributed by atoms with van der Waals surface area (Å²) in [5.41, 5.74) is 0.376. The van der Waals surface area contributed by atoms with Crippen LogP contribution in [-0.4, -0.2) is 17.5 Å². The Bertz CT molecular complexity index is 963. The molecule has 0 aliphatic heterocycles. The third-order valence-corrected chi connectivity index (χ3v) is 5.20. The second kappa shape index (κ2) is 5.73. The molecule has 112 valence electrons. The Hall–Kier alpha value is -1.86. The molecule has 2 unspecified atom stereocenters. The molecule has 0 aliphatic rings. The van der Waals surface area contributed by atoms with Crippen molar-refractivity contribution in [3.05, 3.63) is 54.6 Å². The standard InChI is InChI=1S/C16H12O4S2/c1-2-10-7-13-8-11-5-3-4-6-12(11)9-14(13)16(22(19)20)15(10)21(17)18/h2-9H,1H2,(H,17,18)(H,19,20). The molecule has 0 aliphatic carbocycles. The first kappa shape index (κ1) is 15.1. The second-order valence-corrected chi connectivity index (χ2v) is 6.56. The first-order valence-corrected chi connectivity index (χ1v) is 8.58. The molecule has 0 amide bonds. The molecule has 3 aromatic carbocycles. The van der Waals surface area contributed by atoms with E-state index in [1.807, 2.05) is 30.3 Å². The predicted octanol–water partition coefficient (Wildman–Crippen LogP) is 3.80. The molecular weight excluding hydrogens is 320 g/mol. The molecular formula is C16H12O4S2. The first-order valence-electron chi connectivity index (χ1n) is 6.36. The van der Waals surface area contributed by atoms with Gasteiger partial charge in [-0.05, 0) is 39.9 Å². The molecule has 22 heavy (non-hydrogen) atoms. The highest BCUT2D eigenvalue weighted by Gasteiger charge is 2.20. The van der Waals surface area contributed by atoms with Crippen molar-refractivity contribution in [2.75, 3.05) is 0 Å². The monoisotopic (exact) mass is 332 g/mol.